The van der Waals surface area contributed by atoms with Gasteiger partial charge in [-0.3, -0.25) is 4.79 Å². The molecule has 3 rings (SSSR count). The van der Waals surface area contributed by atoms with Crippen molar-refractivity contribution in [2.45, 2.75) is 97.9 Å². The van der Waals surface area contributed by atoms with Gasteiger partial charge in [-0.05, 0) is 57.1 Å². The summed E-state index contributed by atoms with van der Waals surface area (Å²) < 4.78 is 32.5. The van der Waals surface area contributed by atoms with Gasteiger partial charge < -0.3 is 10.1 Å². The maximum absolute atomic E-state index is 13.4. The average molecular weight is 452 g/mol. The fourth-order valence-corrected chi connectivity index (χ4v) is 9.17. The number of thioether (sulfide) groups is 1. The van der Waals surface area contributed by atoms with Crippen molar-refractivity contribution in [2.75, 3.05) is 18.9 Å². The molecule has 3 fully saturated rings. The predicted molar refractivity (Wildman–Crippen MR) is 116 cm³/mol. The third-order valence-corrected chi connectivity index (χ3v) is 11.2. The summed E-state index contributed by atoms with van der Waals surface area (Å²) in [6.07, 6.45) is 10.6. The largest absolute Gasteiger partial charge is 0.368 e. The van der Waals surface area contributed by atoms with Crippen molar-refractivity contribution in [3.63, 3.8) is 0 Å². The van der Waals surface area contributed by atoms with Crippen molar-refractivity contribution in [1.82, 2.24) is 5.32 Å². The Labute approximate surface area is 179 Å². The summed E-state index contributed by atoms with van der Waals surface area (Å²) in [4.78, 5) is 12.3. The van der Waals surface area contributed by atoms with Crippen LogP contribution in [0.5, 0.6) is 0 Å². The van der Waals surface area contributed by atoms with E-state index in [1.54, 1.807) is 11.8 Å². The Bertz CT molecular complexity index is 595. The second-order valence-corrected chi connectivity index (χ2v) is 12.8. The highest BCUT2D eigenvalue weighted by molar-refractivity contribution is 8.01. The number of carbonyl (C=O) groups is 1. The van der Waals surface area contributed by atoms with Crippen molar-refractivity contribution in [1.29, 1.82) is 0 Å². The first-order chi connectivity index (χ1) is 13.5. The van der Waals surface area contributed by atoms with Crippen LogP contribution in [0.4, 0.5) is 0 Å². The Morgan fingerprint density at radius 3 is 2.39 bits per heavy atom. The third-order valence-electron chi connectivity index (χ3n) is 6.37. The van der Waals surface area contributed by atoms with Gasteiger partial charge in [0.05, 0.1) is 16.6 Å². The monoisotopic (exact) mass is 451 g/mol. The number of halogens is 1. The van der Waals surface area contributed by atoms with Crippen LogP contribution in [0.2, 0.25) is 0 Å². The quantitative estimate of drug-likeness (QED) is 0.570. The number of hydrogen-bond donors (Lipinski definition) is 1. The minimum Gasteiger partial charge on any atom is -0.368 e. The fraction of sp³-hybridized carbons (Fsp3) is 0.950. The number of carbonyl (C=O) groups excluding carboxylic acids is 1. The van der Waals surface area contributed by atoms with Crippen molar-refractivity contribution in [3.8, 4) is 0 Å². The Kier molecular flexibility index (Phi) is 8.81. The molecule has 1 amide bonds. The molecular weight excluding hydrogens is 418 g/mol. The van der Waals surface area contributed by atoms with E-state index in [-0.39, 0.29) is 41.0 Å². The van der Waals surface area contributed by atoms with E-state index in [1.165, 1.54) is 6.42 Å². The Balaban J connectivity index is 1.54. The Morgan fingerprint density at radius 2 is 1.75 bits per heavy atom. The molecule has 3 aliphatic rings. The molecule has 5 nitrogen and oxygen atoms in total. The van der Waals surface area contributed by atoms with Crippen LogP contribution in [0.1, 0.15) is 70.6 Å². The van der Waals surface area contributed by atoms with Gasteiger partial charge in [0.1, 0.15) is 6.61 Å². The molecule has 2 aliphatic carbocycles. The zero-order valence-corrected chi connectivity index (χ0v) is 19.0. The van der Waals surface area contributed by atoms with E-state index in [1.807, 2.05) is 0 Å². The van der Waals surface area contributed by atoms with Crippen LogP contribution in [-0.4, -0.2) is 60.5 Å². The van der Waals surface area contributed by atoms with Crippen LogP contribution in [0.15, 0.2) is 0 Å². The smallest absolute Gasteiger partial charge is 0.246 e. The molecule has 28 heavy (non-hydrogen) atoms. The summed E-state index contributed by atoms with van der Waals surface area (Å²) in [5.41, 5.74) is 0. The van der Waals surface area contributed by atoms with E-state index in [2.05, 4.69) is 5.32 Å². The number of rotatable bonds is 8. The summed E-state index contributed by atoms with van der Waals surface area (Å²) in [5, 5.41) is 2.23. The molecule has 2 atom stereocenters. The van der Waals surface area contributed by atoms with Crippen molar-refractivity contribution >= 4 is 39.1 Å². The number of amides is 1. The molecule has 0 radical (unpaired) electrons. The van der Waals surface area contributed by atoms with E-state index in [0.717, 1.165) is 57.1 Å². The highest BCUT2D eigenvalue weighted by atomic mass is 35.5. The molecule has 0 aromatic heterocycles. The highest BCUT2D eigenvalue weighted by Gasteiger charge is 2.41. The first-order valence-electron chi connectivity index (χ1n) is 10.8. The lowest BCUT2D eigenvalue weighted by Gasteiger charge is -2.31. The van der Waals surface area contributed by atoms with Crippen LogP contribution in [0.3, 0.4) is 0 Å². The lowest BCUT2D eigenvalue weighted by atomic mass is 9.98. The van der Waals surface area contributed by atoms with Gasteiger partial charge in [-0.2, -0.15) is 11.8 Å². The lowest BCUT2D eigenvalue weighted by molar-refractivity contribution is -0.128. The van der Waals surface area contributed by atoms with Crippen LogP contribution >= 0.6 is 23.4 Å². The third kappa shape index (κ3) is 6.26. The fourth-order valence-electron chi connectivity index (χ4n) is 4.64. The molecule has 0 spiro atoms. The van der Waals surface area contributed by atoms with Gasteiger partial charge in [-0.15, -0.1) is 11.6 Å². The maximum Gasteiger partial charge on any atom is 0.246 e. The summed E-state index contributed by atoms with van der Waals surface area (Å²) in [6.45, 7) is 0.236. The van der Waals surface area contributed by atoms with Gasteiger partial charge in [-0.25, -0.2) is 8.42 Å². The molecule has 2 saturated carbocycles. The molecule has 0 aromatic carbocycles. The maximum atomic E-state index is 13.4. The molecular formula is C20H34ClNO4S2. The summed E-state index contributed by atoms with van der Waals surface area (Å²) in [6, 6.07) is 0. The average Bonchev–Trinajstić information content (AvgIpc) is 3.22. The van der Waals surface area contributed by atoms with Crippen molar-refractivity contribution < 1.29 is 17.9 Å². The van der Waals surface area contributed by atoms with E-state index in [9.17, 15) is 13.2 Å². The van der Waals surface area contributed by atoms with E-state index in [0.29, 0.717) is 12.8 Å². The van der Waals surface area contributed by atoms with Gasteiger partial charge in [-0.1, -0.05) is 19.3 Å². The van der Waals surface area contributed by atoms with Gasteiger partial charge in [0.15, 0.2) is 9.84 Å². The van der Waals surface area contributed by atoms with Crippen molar-refractivity contribution in [2.24, 2.45) is 0 Å². The molecule has 162 valence electrons. The van der Waals surface area contributed by atoms with E-state index < -0.39 is 15.1 Å². The number of ether oxygens (including phenoxy) is 1. The molecule has 1 heterocycles. The first kappa shape index (κ1) is 22.7. The van der Waals surface area contributed by atoms with Crippen LogP contribution in [-0.2, 0) is 19.4 Å². The van der Waals surface area contributed by atoms with Gasteiger partial charge in [0.2, 0.25) is 5.91 Å². The lowest BCUT2D eigenvalue weighted by Crippen LogP contribution is -2.47. The van der Waals surface area contributed by atoms with Crippen LogP contribution in [0.25, 0.3) is 0 Å². The molecule has 0 aromatic rings. The SMILES string of the molecule is O=C(COC1CCCCC1)NCC(C1CCCS1)S(=O)(=O)C1CCC(Cl)CC1. The summed E-state index contributed by atoms with van der Waals surface area (Å²) >= 11 is 7.91. The number of alkyl halides is 1. The summed E-state index contributed by atoms with van der Waals surface area (Å²) in [7, 11) is -3.30. The van der Waals surface area contributed by atoms with Gasteiger partial charge in [0.25, 0.3) is 0 Å². The van der Waals surface area contributed by atoms with E-state index >= 15 is 0 Å². The molecule has 1 N–H and O–H groups in total. The summed E-state index contributed by atoms with van der Waals surface area (Å²) in [5.74, 6) is 0.808. The predicted octanol–water partition coefficient (Wildman–Crippen LogP) is 3.68. The standard InChI is InChI=1S/C20H34ClNO4S2/c21-15-8-10-17(11-9-15)28(24,25)19(18-7-4-12-27-18)13-22-20(23)14-26-16-5-2-1-3-6-16/h15-19H,1-14H2,(H,22,23). The molecule has 8 heteroatoms. The Hall–Kier alpha value is 0.0200. The van der Waals surface area contributed by atoms with Crippen LogP contribution < -0.4 is 5.32 Å². The zero-order chi connectivity index (χ0) is 20.0. The minimum absolute atomic E-state index is 0.0343. The molecule has 2 unspecified atom stereocenters. The number of sulfone groups is 1. The second kappa shape index (κ2) is 10.9. The Morgan fingerprint density at radius 1 is 1.04 bits per heavy atom. The highest BCUT2D eigenvalue weighted by Crippen LogP contribution is 2.36. The molecule has 1 saturated heterocycles. The first-order valence-corrected chi connectivity index (χ1v) is 13.9. The molecule has 1 aliphatic heterocycles. The van der Waals surface area contributed by atoms with Crippen molar-refractivity contribution in [3.05, 3.63) is 0 Å². The minimum atomic E-state index is -3.30. The van der Waals surface area contributed by atoms with Gasteiger partial charge in [0, 0.05) is 17.2 Å². The second-order valence-electron chi connectivity index (χ2n) is 8.43. The zero-order valence-electron chi connectivity index (χ0n) is 16.6. The normalized spacial score (nSPS) is 30.8. The number of nitrogens with one attached hydrogen (secondary N) is 1. The molecule has 0 bridgehead atoms. The van der Waals surface area contributed by atoms with Crippen LogP contribution in [0, 0.1) is 0 Å². The number of hydrogen-bond acceptors (Lipinski definition) is 5. The topological polar surface area (TPSA) is 72.5 Å². The van der Waals surface area contributed by atoms with E-state index in [4.69, 9.17) is 16.3 Å². The van der Waals surface area contributed by atoms with Gasteiger partial charge >= 0.3 is 0 Å².